The van der Waals surface area contributed by atoms with Crippen molar-refractivity contribution >= 4 is 33.8 Å². The van der Waals surface area contributed by atoms with E-state index in [1.165, 1.54) is 23.9 Å². The minimum Gasteiger partial charge on any atom is -0.365 e. The van der Waals surface area contributed by atoms with Gasteiger partial charge in [0.25, 0.3) is 0 Å². The highest BCUT2D eigenvalue weighted by Crippen LogP contribution is 2.47. The summed E-state index contributed by atoms with van der Waals surface area (Å²) < 4.78 is 42.1. The molecule has 0 radical (unpaired) electrons. The van der Waals surface area contributed by atoms with E-state index in [1.807, 2.05) is 25.1 Å². The van der Waals surface area contributed by atoms with Crippen molar-refractivity contribution in [1.82, 2.24) is 24.7 Å². The van der Waals surface area contributed by atoms with Gasteiger partial charge in [0.05, 0.1) is 17.7 Å². The van der Waals surface area contributed by atoms with Crippen LogP contribution in [-0.2, 0) is 11.0 Å². The van der Waals surface area contributed by atoms with Gasteiger partial charge in [-0.15, -0.1) is 14.8 Å². The second-order valence-electron chi connectivity index (χ2n) is 11.0. The lowest BCUT2D eigenvalue weighted by atomic mass is 9.97. The summed E-state index contributed by atoms with van der Waals surface area (Å²) in [5.41, 5.74) is 0.673. The first kappa shape index (κ1) is 26.8. The topological polar surface area (TPSA) is 102 Å². The number of fused-ring (bicyclic) bond motifs is 3. The lowest BCUT2D eigenvalue weighted by Crippen LogP contribution is -2.55. The molecule has 12 heteroatoms. The summed E-state index contributed by atoms with van der Waals surface area (Å²) >= 11 is 0. The molecule has 41 heavy (non-hydrogen) atoms. The maximum atomic E-state index is 13.6. The Hall–Kier alpha value is -4.40. The van der Waals surface area contributed by atoms with Gasteiger partial charge >= 0.3 is 6.18 Å². The van der Waals surface area contributed by atoms with Crippen molar-refractivity contribution in [2.75, 3.05) is 29.9 Å². The van der Waals surface area contributed by atoms with E-state index in [1.54, 1.807) is 17.9 Å². The molecular weight excluding hydrogens is 533 g/mol. The van der Waals surface area contributed by atoms with E-state index in [0.717, 1.165) is 22.5 Å². The number of amides is 1. The first-order chi connectivity index (χ1) is 19.5. The van der Waals surface area contributed by atoms with Gasteiger partial charge in [0.15, 0.2) is 11.5 Å². The summed E-state index contributed by atoms with van der Waals surface area (Å²) in [6.07, 6.45) is -1.79. The standard InChI is InChI=1S/C29H29F3N8O/c1-17-14-38(27(41)28(15-33)9-10-28)11-12-39(17)20-7-8-22-23(13-20)25(37-40-26(22)34-16-35-40)36-19(3)21-5-4-6-24(18(21)2)29(30,31)32/h4-8,13,16-17,19H,9-12,14H2,1-3H3,(H,36,37). The van der Waals surface area contributed by atoms with Gasteiger partial charge in [-0.05, 0) is 69.0 Å². The van der Waals surface area contributed by atoms with E-state index in [9.17, 15) is 23.2 Å². The molecule has 1 saturated carbocycles. The molecular formula is C29H29F3N8O. The molecule has 1 N–H and O–H groups in total. The highest BCUT2D eigenvalue weighted by Gasteiger charge is 2.53. The average Bonchev–Trinajstić information content (AvgIpc) is 3.61. The Bertz CT molecular complexity index is 1700. The molecule has 1 amide bonds. The van der Waals surface area contributed by atoms with E-state index < -0.39 is 23.2 Å². The largest absolute Gasteiger partial charge is 0.416 e. The zero-order valence-corrected chi connectivity index (χ0v) is 22.9. The normalized spacial score (nSPS) is 19.3. The number of benzene rings is 2. The number of alkyl halides is 3. The van der Waals surface area contributed by atoms with Crippen molar-refractivity contribution in [3.8, 4) is 6.07 Å². The summed E-state index contributed by atoms with van der Waals surface area (Å²) in [6, 6.07) is 11.8. The lowest BCUT2D eigenvalue weighted by molar-refractivity contribution is -0.138. The molecule has 3 heterocycles. The summed E-state index contributed by atoms with van der Waals surface area (Å²) in [7, 11) is 0. The second kappa shape index (κ2) is 9.61. The molecule has 2 fully saturated rings. The second-order valence-corrected chi connectivity index (χ2v) is 11.0. The van der Waals surface area contributed by atoms with Gasteiger partial charge in [-0.3, -0.25) is 4.79 Å². The fraction of sp³-hybridized carbons (Fsp3) is 0.414. The first-order valence-electron chi connectivity index (χ1n) is 13.6. The number of halogens is 3. The van der Waals surface area contributed by atoms with Crippen LogP contribution in [-0.4, -0.2) is 56.3 Å². The van der Waals surface area contributed by atoms with Crippen LogP contribution in [0.2, 0.25) is 0 Å². The summed E-state index contributed by atoms with van der Waals surface area (Å²) in [4.78, 5) is 21.3. The third-order valence-corrected chi connectivity index (χ3v) is 8.34. The number of piperazine rings is 1. The Labute approximate surface area is 234 Å². The number of rotatable bonds is 5. The van der Waals surface area contributed by atoms with Crippen LogP contribution in [0.1, 0.15) is 49.4 Å². The number of carbonyl (C=O) groups is 1. The average molecular weight is 563 g/mol. The molecule has 2 unspecified atom stereocenters. The van der Waals surface area contributed by atoms with Crippen LogP contribution in [0.4, 0.5) is 24.7 Å². The van der Waals surface area contributed by atoms with Gasteiger partial charge in [0, 0.05) is 42.1 Å². The van der Waals surface area contributed by atoms with Crippen LogP contribution in [0, 0.1) is 23.7 Å². The molecule has 2 aromatic carbocycles. The van der Waals surface area contributed by atoms with E-state index in [4.69, 9.17) is 0 Å². The van der Waals surface area contributed by atoms with Crippen LogP contribution in [0.25, 0.3) is 16.4 Å². The molecule has 1 aliphatic heterocycles. The maximum absolute atomic E-state index is 13.6. The molecule has 4 aromatic rings. The van der Waals surface area contributed by atoms with Crippen molar-refractivity contribution < 1.29 is 18.0 Å². The van der Waals surface area contributed by atoms with Crippen molar-refractivity contribution in [3.05, 3.63) is 59.4 Å². The number of aromatic nitrogens is 4. The SMILES string of the molecule is Cc1c(C(C)Nc2nn3ncnc3c3ccc(N4CCN(C(=O)C5(C#N)CC5)CC4C)cc23)cccc1C(F)(F)F. The van der Waals surface area contributed by atoms with Crippen molar-refractivity contribution in [2.45, 2.75) is 51.9 Å². The lowest BCUT2D eigenvalue weighted by Gasteiger charge is -2.42. The number of nitrogens with one attached hydrogen (secondary N) is 1. The predicted octanol–water partition coefficient (Wildman–Crippen LogP) is 5.12. The highest BCUT2D eigenvalue weighted by molar-refractivity contribution is 6.01. The van der Waals surface area contributed by atoms with Crippen molar-refractivity contribution in [1.29, 1.82) is 5.26 Å². The molecule has 1 aliphatic carbocycles. The summed E-state index contributed by atoms with van der Waals surface area (Å²) in [5, 5.41) is 23.1. The molecule has 212 valence electrons. The van der Waals surface area contributed by atoms with Crippen LogP contribution >= 0.6 is 0 Å². The molecule has 6 rings (SSSR count). The Kier molecular flexibility index (Phi) is 6.28. The maximum Gasteiger partial charge on any atom is 0.416 e. The smallest absolute Gasteiger partial charge is 0.365 e. The quantitative estimate of drug-likeness (QED) is 0.360. The Balaban J connectivity index is 1.33. The highest BCUT2D eigenvalue weighted by atomic mass is 19.4. The molecule has 2 aliphatic rings. The van der Waals surface area contributed by atoms with Gasteiger partial charge in [-0.2, -0.15) is 18.4 Å². The summed E-state index contributed by atoms with van der Waals surface area (Å²) in [6.45, 7) is 6.96. The number of nitriles is 1. The number of anilines is 2. The monoisotopic (exact) mass is 562 g/mol. The van der Waals surface area contributed by atoms with Crippen molar-refractivity contribution in [2.24, 2.45) is 5.41 Å². The molecule has 0 spiro atoms. The molecule has 2 aromatic heterocycles. The Morgan fingerprint density at radius 2 is 1.98 bits per heavy atom. The van der Waals surface area contributed by atoms with E-state index in [2.05, 4.69) is 31.5 Å². The Morgan fingerprint density at radius 3 is 2.66 bits per heavy atom. The third kappa shape index (κ3) is 4.59. The van der Waals surface area contributed by atoms with Gasteiger partial charge in [-0.25, -0.2) is 4.98 Å². The molecule has 9 nitrogen and oxygen atoms in total. The predicted molar refractivity (Wildman–Crippen MR) is 147 cm³/mol. The van der Waals surface area contributed by atoms with Gasteiger partial charge in [0.1, 0.15) is 11.7 Å². The fourth-order valence-electron chi connectivity index (χ4n) is 5.88. The van der Waals surface area contributed by atoms with Crippen LogP contribution in [0.15, 0.2) is 42.7 Å². The minimum absolute atomic E-state index is 0.00696. The fourth-order valence-corrected chi connectivity index (χ4v) is 5.88. The zero-order chi connectivity index (χ0) is 29.1. The van der Waals surface area contributed by atoms with E-state index >= 15 is 0 Å². The van der Waals surface area contributed by atoms with E-state index in [-0.39, 0.29) is 17.5 Å². The number of hydrogen-bond acceptors (Lipinski definition) is 7. The van der Waals surface area contributed by atoms with Crippen LogP contribution in [0.5, 0.6) is 0 Å². The van der Waals surface area contributed by atoms with Gasteiger partial charge in [0.2, 0.25) is 5.91 Å². The first-order valence-corrected chi connectivity index (χ1v) is 13.6. The number of carbonyl (C=O) groups excluding carboxylic acids is 1. The van der Waals surface area contributed by atoms with Crippen LogP contribution in [0.3, 0.4) is 0 Å². The summed E-state index contributed by atoms with van der Waals surface area (Å²) in [5.74, 6) is 0.393. The molecule has 2 atom stereocenters. The Morgan fingerprint density at radius 1 is 1.20 bits per heavy atom. The minimum atomic E-state index is -4.45. The molecule has 0 bridgehead atoms. The number of hydrogen-bond donors (Lipinski definition) is 1. The van der Waals surface area contributed by atoms with Crippen molar-refractivity contribution in [3.63, 3.8) is 0 Å². The van der Waals surface area contributed by atoms with Gasteiger partial charge in [-0.1, -0.05) is 12.1 Å². The molecule has 1 saturated heterocycles. The zero-order valence-electron chi connectivity index (χ0n) is 22.9. The third-order valence-electron chi connectivity index (χ3n) is 8.34. The van der Waals surface area contributed by atoms with E-state index in [0.29, 0.717) is 49.5 Å². The van der Waals surface area contributed by atoms with Crippen LogP contribution < -0.4 is 10.2 Å². The number of nitrogens with zero attached hydrogens (tertiary/aromatic N) is 7. The van der Waals surface area contributed by atoms with Gasteiger partial charge < -0.3 is 15.1 Å².